The molecule has 1 unspecified atom stereocenters. The number of pyridine rings is 1. The summed E-state index contributed by atoms with van der Waals surface area (Å²) in [5.41, 5.74) is 2.29. The predicted molar refractivity (Wildman–Crippen MR) is 85.5 cm³/mol. The minimum absolute atomic E-state index is 0.603. The molecule has 0 aliphatic rings. The Bertz CT molecular complexity index is 357. The van der Waals surface area contributed by atoms with E-state index in [1.165, 1.54) is 12.2 Å². The van der Waals surface area contributed by atoms with Crippen molar-refractivity contribution in [1.82, 2.24) is 15.2 Å². The van der Waals surface area contributed by atoms with Gasteiger partial charge in [-0.2, -0.15) is 11.8 Å². The van der Waals surface area contributed by atoms with Crippen LogP contribution >= 0.6 is 11.8 Å². The van der Waals surface area contributed by atoms with Crippen LogP contribution in [0.4, 0.5) is 0 Å². The van der Waals surface area contributed by atoms with E-state index in [2.05, 4.69) is 55.6 Å². The highest BCUT2D eigenvalue weighted by Crippen LogP contribution is 2.10. The van der Waals surface area contributed by atoms with E-state index in [-0.39, 0.29) is 0 Å². The lowest BCUT2D eigenvalue weighted by molar-refractivity contribution is 0.242. The van der Waals surface area contributed by atoms with Crippen LogP contribution < -0.4 is 5.32 Å². The van der Waals surface area contributed by atoms with E-state index < -0.39 is 0 Å². The van der Waals surface area contributed by atoms with Crippen molar-refractivity contribution in [2.45, 2.75) is 39.4 Å². The molecule has 0 aliphatic carbocycles. The van der Waals surface area contributed by atoms with Gasteiger partial charge in [0.2, 0.25) is 0 Å². The number of nitrogens with zero attached hydrogens (tertiary/aromatic N) is 2. The Labute approximate surface area is 122 Å². The van der Waals surface area contributed by atoms with Gasteiger partial charge in [-0.15, -0.1) is 0 Å². The highest BCUT2D eigenvalue weighted by molar-refractivity contribution is 7.98. The molecule has 1 heterocycles. The maximum Gasteiger partial charge on any atom is 0.0547 e. The zero-order chi connectivity index (χ0) is 14.1. The van der Waals surface area contributed by atoms with Crippen LogP contribution in [0.5, 0.6) is 0 Å². The van der Waals surface area contributed by atoms with Crippen LogP contribution in [0, 0.1) is 0 Å². The normalized spacial score (nSPS) is 12.9. The van der Waals surface area contributed by atoms with E-state index in [9.17, 15) is 0 Å². The Balaban J connectivity index is 2.51. The standard InChI is InChI=1S/C15H27N3S/c1-5-16-11-14-7-6-8-15(17-14)12-18(3)13(2)9-10-19-4/h6-8,13,16H,5,9-12H2,1-4H3. The molecule has 1 aromatic heterocycles. The third kappa shape index (κ3) is 6.41. The predicted octanol–water partition coefficient (Wildman–Crippen LogP) is 2.76. The molecule has 3 nitrogen and oxygen atoms in total. The van der Waals surface area contributed by atoms with Crippen molar-refractivity contribution in [1.29, 1.82) is 0 Å². The Kier molecular flexibility index (Phi) is 8.10. The van der Waals surface area contributed by atoms with E-state index in [0.29, 0.717) is 6.04 Å². The highest BCUT2D eigenvalue weighted by Gasteiger charge is 2.10. The van der Waals surface area contributed by atoms with Crippen molar-refractivity contribution < 1.29 is 0 Å². The molecule has 1 rings (SSSR count). The molecule has 0 radical (unpaired) electrons. The highest BCUT2D eigenvalue weighted by atomic mass is 32.2. The number of rotatable bonds is 9. The second-order valence-electron chi connectivity index (χ2n) is 4.95. The lowest BCUT2D eigenvalue weighted by atomic mass is 10.2. The third-order valence-corrected chi connectivity index (χ3v) is 3.97. The fourth-order valence-electron chi connectivity index (χ4n) is 1.89. The molecule has 1 aromatic rings. The number of nitrogens with one attached hydrogen (secondary N) is 1. The smallest absolute Gasteiger partial charge is 0.0547 e. The summed E-state index contributed by atoms with van der Waals surface area (Å²) >= 11 is 1.91. The van der Waals surface area contributed by atoms with Crippen molar-refractivity contribution >= 4 is 11.8 Å². The summed E-state index contributed by atoms with van der Waals surface area (Å²) in [6, 6.07) is 6.91. The first-order chi connectivity index (χ1) is 9.17. The van der Waals surface area contributed by atoms with E-state index in [0.717, 1.165) is 31.0 Å². The van der Waals surface area contributed by atoms with Crippen LogP contribution in [0.3, 0.4) is 0 Å². The minimum atomic E-state index is 0.603. The van der Waals surface area contributed by atoms with Crippen LogP contribution in [-0.2, 0) is 13.1 Å². The van der Waals surface area contributed by atoms with E-state index >= 15 is 0 Å². The van der Waals surface area contributed by atoms with Crippen molar-refractivity contribution in [3.8, 4) is 0 Å². The van der Waals surface area contributed by atoms with Crippen LogP contribution in [0.2, 0.25) is 0 Å². The van der Waals surface area contributed by atoms with Gasteiger partial charge in [-0.1, -0.05) is 13.0 Å². The summed E-state index contributed by atoms with van der Waals surface area (Å²) in [5, 5.41) is 3.32. The van der Waals surface area contributed by atoms with Gasteiger partial charge in [0.1, 0.15) is 0 Å². The monoisotopic (exact) mass is 281 g/mol. The summed E-state index contributed by atoms with van der Waals surface area (Å²) in [4.78, 5) is 7.09. The Morgan fingerprint density at radius 1 is 1.37 bits per heavy atom. The van der Waals surface area contributed by atoms with Gasteiger partial charge in [0.25, 0.3) is 0 Å². The van der Waals surface area contributed by atoms with Crippen LogP contribution in [0.15, 0.2) is 18.2 Å². The molecular weight excluding hydrogens is 254 g/mol. The molecule has 0 saturated heterocycles. The van der Waals surface area contributed by atoms with Crippen LogP contribution in [0.1, 0.15) is 31.7 Å². The average Bonchev–Trinajstić information content (AvgIpc) is 2.42. The minimum Gasteiger partial charge on any atom is -0.311 e. The molecule has 0 aliphatic heterocycles. The Morgan fingerprint density at radius 3 is 2.79 bits per heavy atom. The van der Waals surface area contributed by atoms with Crippen molar-refractivity contribution in [3.05, 3.63) is 29.6 Å². The molecule has 4 heteroatoms. The van der Waals surface area contributed by atoms with Crippen LogP contribution in [-0.4, -0.2) is 41.5 Å². The molecule has 0 aromatic carbocycles. The van der Waals surface area contributed by atoms with Crippen molar-refractivity contribution in [3.63, 3.8) is 0 Å². The fourth-order valence-corrected chi connectivity index (χ4v) is 2.47. The topological polar surface area (TPSA) is 28.2 Å². The zero-order valence-corrected chi connectivity index (χ0v) is 13.5. The van der Waals surface area contributed by atoms with Crippen LogP contribution in [0.25, 0.3) is 0 Å². The fraction of sp³-hybridized carbons (Fsp3) is 0.667. The second kappa shape index (κ2) is 9.34. The molecule has 0 amide bonds. The first-order valence-electron chi connectivity index (χ1n) is 7.02. The van der Waals surface area contributed by atoms with Gasteiger partial charge in [0.15, 0.2) is 0 Å². The molecule has 108 valence electrons. The van der Waals surface area contributed by atoms with E-state index in [1.807, 2.05) is 11.8 Å². The zero-order valence-electron chi connectivity index (χ0n) is 12.6. The summed E-state index contributed by atoms with van der Waals surface area (Å²) in [5.74, 6) is 1.22. The Morgan fingerprint density at radius 2 is 2.11 bits per heavy atom. The third-order valence-electron chi connectivity index (χ3n) is 3.32. The van der Waals surface area contributed by atoms with Gasteiger partial charge in [-0.25, -0.2) is 0 Å². The van der Waals surface area contributed by atoms with Gasteiger partial charge in [0, 0.05) is 19.1 Å². The average molecular weight is 281 g/mol. The lowest BCUT2D eigenvalue weighted by Crippen LogP contribution is -2.29. The molecule has 19 heavy (non-hydrogen) atoms. The van der Waals surface area contributed by atoms with Crippen molar-refractivity contribution in [2.75, 3.05) is 25.6 Å². The van der Waals surface area contributed by atoms with E-state index in [4.69, 9.17) is 4.98 Å². The lowest BCUT2D eigenvalue weighted by Gasteiger charge is -2.24. The maximum absolute atomic E-state index is 4.70. The molecule has 0 spiro atoms. The molecule has 1 N–H and O–H groups in total. The van der Waals surface area contributed by atoms with Crippen molar-refractivity contribution in [2.24, 2.45) is 0 Å². The summed E-state index contributed by atoms with van der Waals surface area (Å²) in [6.45, 7) is 7.17. The van der Waals surface area contributed by atoms with E-state index in [1.54, 1.807) is 0 Å². The quantitative estimate of drug-likeness (QED) is 0.753. The molecule has 1 atom stereocenters. The summed E-state index contributed by atoms with van der Waals surface area (Å²) in [6.07, 6.45) is 3.40. The number of thioether (sulfide) groups is 1. The van der Waals surface area contributed by atoms with Gasteiger partial charge in [-0.3, -0.25) is 9.88 Å². The Hall–Kier alpha value is -0.580. The first-order valence-corrected chi connectivity index (χ1v) is 8.41. The molecular formula is C15H27N3S. The molecule has 0 saturated carbocycles. The summed E-state index contributed by atoms with van der Waals surface area (Å²) in [7, 11) is 2.18. The number of hydrogen-bond acceptors (Lipinski definition) is 4. The first kappa shape index (κ1) is 16.5. The van der Waals surface area contributed by atoms with Gasteiger partial charge < -0.3 is 5.32 Å². The van der Waals surface area contributed by atoms with Gasteiger partial charge >= 0.3 is 0 Å². The second-order valence-corrected chi connectivity index (χ2v) is 5.93. The summed E-state index contributed by atoms with van der Waals surface area (Å²) < 4.78 is 0. The molecule has 0 bridgehead atoms. The maximum atomic E-state index is 4.70. The number of aromatic nitrogens is 1. The molecule has 0 fully saturated rings. The SMILES string of the molecule is CCNCc1cccc(CN(C)C(C)CCSC)n1. The number of hydrogen-bond donors (Lipinski definition) is 1. The van der Waals surface area contributed by atoms with Gasteiger partial charge in [-0.05, 0) is 51.1 Å². The largest absolute Gasteiger partial charge is 0.311 e. The van der Waals surface area contributed by atoms with Gasteiger partial charge in [0.05, 0.1) is 11.4 Å².